The molecule has 0 saturated carbocycles. The third-order valence-electron chi connectivity index (χ3n) is 2.15. The van der Waals surface area contributed by atoms with E-state index in [1.807, 2.05) is 0 Å². The second-order valence-electron chi connectivity index (χ2n) is 3.54. The number of ether oxygens (including phenoxy) is 1. The lowest BCUT2D eigenvalue weighted by atomic mass is 10.1. The number of carboxylic acids is 1. The smallest absolute Gasteiger partial charge is 0.354 e. The number of carbonyl (C=O) groups excluding carboxylic acids is 2. The highest BCUT2D eigenvalue weighted by Gasteiger charge is 2.01. The molecule has 16 heavy (non-hydrogen) atoms. The standard InChI is InChI=1S/C11H20O4.H3N/c1-2-3-4-5-6-7-8-9-15-11(14)10(12)13;/h2-9H2,1H3,(H,12,13);1H3. The van der Waals surface area contributed by atoms with Gasteiger partial charge >= 0.3 is 5.97 Å². The fraction of sp³-hybridized carbons (Fsp3) is 0.818. The first-order valence-electron chi connectivity index (χ1n) is 5.56. The molecular weight excluding hydrogens is 210 g/mol. The molecular formula is C11H23NO4. The first-order valence-corrected chi connectivity index (χ1v) is 5.56. The number of aliphatic carboxylic acids is 1. The van der Waals surface area contributed by atoms with E-state index < -0.39 is 11.9 Å². The lowest BCUT2D eigenvalue weighted by molar-refractivity contribution is -0.303. The van der Waals surface area contributed by atoms with Crippen LogP contribution in [0.2, 0.25) is 0 Å². The van der Waals surface area contributed by atoms with E-state index in [9.17, 15) is 14.7 Å². The summed E-state index contributed by atoms with van der Waals surface area (Å²) in [4.78, 5) is 20.4. The van der Waals surface area contributed by atoms with Crippen LogP contribution in [-0.4, -0.2) is 18.5 Å². The summed E-state index contributed by atoms with van der Waals surface area (Å²) in [5, 5.41) is 9.95. The van der Waals surface area contributed by atoms with Crippen molar-refractivity contribution in [3.05, 3.63) is 0 Å². The van der Waals surface area contributed by atoms with Crippen LogP contribution in [0.3, 0.4) is 0 Å². The molecule has 0 aliphatic carbocycles. The Balaban J connectivity index is 0. The maximum Gasteiger partial charge on any atom is 0.354 e. The molecule has 0 fully saturated rings. The number of hydrogen-bond donors (Lipinski definition) is 1. The third-order valence-corrected chi connectivity index (χ3v) is 2.15. The normalized spacial score (nSPS) is 9.31. The van der Waals surface area contributed by atoms with Gasteiger partial charge in [0.25, 0.3) is 0 Å². The van der Waals surface area contributed by atoms with Gasteiger partial charge in [0.2, 0.25) is 0 Å². The van der Waals surface area contributed by atoms with Gasteiger partial charge < -0.3 is 20.8 Å². The number of quaternary nitrogens is 1. The van der Waals surface area contributed by atoms with Crippen LogP contribution in [0.25, 0.3) is 0 Å². The summed E-state index contributed by atoms with van der Waals surface area (Å²) in [6.07, 6.45) is 7.75. The Morgan fingerprint density at radius 3 is 2.00 bits per heavy atom. The van der Waals surface area contributed by atoms with Crippen molar-refractivity contribution in [2.75, 3.05) is 6.61 Å². The van der Waals surface area contributed by atoms with Gasteiger partial charge in [-0.05, 0) is 6.42 Å². The Labute approximate surface area is 96.8 Å². The van der Waals surface area contributed by atoms with Gasteiger partial charge in [0, 0.05) is 0 Å². The highest BCUT2D eigenvalue weighted by molar-refractivity contribution is 6.27. The molecule has 0 aromatic carbocycles. The van der Waals surface area contributed by atoms with Crippen molar-refractivity contribution >= 4 is 11.9 Å². The molecule has 0 aliphatic heterocycles. The average molecular weight is 233 g/mol. The van der Waals surface area contributed by atoms with Crippen molar-refractivity contribution in [3.63, 3.8) is 0 Å². The summed E-state index contributed by atoms with van der Waals surface area (Å²) in [5.74, 6) is -3.03. The van der Waals surface area contributed by atoms with Gasteiger partial charge in [-0.2, -0.15) is 0 Å². The minimum atomic E-state index is -1.77. The van der Waals surface area contributed by atoms with E-state index in [1.54, 1.807) is 0 Å². The average Bonchev–Trinajstić information content (AvgIpc) is 2.21. The fourth-order valence-electron chi connectivity index (χ4n) is 1.28. The minimum Gasteiger partial charge on any atom is -0.539 e. The zero-order valence-electron chi connectivity index (χ0n) is 10.3. The first kappa shape index (κ1) is 17.3. The van der Waals surface area contributed by atoms with Crippen molar-refractivity contribution in [1.82, 2.24) is 6.15 Å². The first-order chi connectivity index (χ1) is 7.18. The van der Waals surface area contributed by atoms with Crippen molar-refractivity contribution in [2.24, 2.45) is 0 Å². The molecule has 0 bridgehead atoms. The van der Waals surface area contributed by atoms with E-state index in [-0.39, 0.29) is 12.8 Å². The Hall–Kier alpha value is -1.10. The van der Waals surface area contributed by atoms with Gasteiger partial charge in [-0.15, -0.1) is 0 Å². The minimum absolute atomic E-state index is 0. The Morgan fingerprint density at radius 2 is 1.50 bits per heavy atom. The van der Waals surface area contributed by atoms with Gasteiger partial charge in [-0.1, -0.05) is 45.4 Å². The van der Waals surface area contributed by atoms with Crippen LogP contribution in [0.5, 0.6) is 0 Å². The number of carboxylic acid groups (broad SMARTS) is 1. The third kappa shape index (κ3) is 11.0. The second kappa shape index (κ2) is 12.0. The van der Waals surface area contributed by atoms with Gasteiger partial charge in [-0.25, -0.2) is 4.79 Å². The van der Waals surface area contributed by atoms with Crippen molar-refractivity contribution in [1.29, 1.82) is 0 Å². The number of esters is 1. The molecule has 0 saturated heterocycles. The molecule has 4 N–H and O–H groups in total. The number of hydrogen-bond acceptors (Lipinski definition) is 4. The molecule has 0 rings (SSSR count). The van der Waals surface area contributed by atoms with Crippen LogP contribution >= 0.6 is 0 Å². The highest BCUT2D eigenvalue weighted by Crippen LogP contribution is 2.06. The SMILES string of the molecule is CCCCCCCCCOC(=O)C(=O)[O-].[NH4+]. The van der Waals surface area contributed by atoms with E-state index in [4.69, 9.17) is 0 Å². The number of carbonyl (C=O) groups is 2. The molecule has 0 spiro atoms. The van der Waals surface area contributed by atoms with Crippen LogP contribution in [-0.2, 0) is 14.3 Å². The molecule has 0 radical (unpaired) electrons. The predicted molar refractivity (Wildman–Crippen MR) is 59.9 cm³/mol. The molecule has 0 aliphatic rings. The molecule has 0 unspecified atom stereocenters. The second-order valence-corrected chi connectivity index (χ2v) is 3.54. The van der Waals surface area contributed by atoms with Gasteiger partial charge in [-0.3, -0.25) is 0 Å². The zero-order valence-corrected chi connectivity index (χ0v) is 10.3. The number of unbranched alkanes of at least 4 members (excludes halogenated alkanes) is 6. The Kier molecular flexibility index (Phi) is 12.9. The molecule has 0 amide bonds. The maximum absolute atomic E-state index is 10.4. The Morgan fingerprint density at radius 1 is 1.00 bits per heavy atom. The van der Waals surface area contributed by atoms with Gasteiger partial charge in [0.05, 0.1) is 6.61 Å². The molecule has 96 valence electrons. The summed E-state index contributed by atoms with van der Waals surface area (Å²) in [5.41, 5.74) is 0. The van der Waals surface area contributed by atoms with Crippen LogP contribution in [0.1, 0.15) is 51.9 Å². The van der Waals surface area contributed by atoms with Crippen LogP contribution < -0.4 is 11.3 Å². The summed E-state index contributed by atoms with van der Waals surface area (Å²) in [6, 6.07) is 0. The van der Waals surface area contributed by atoms with E-state index in [2.05, 4.69) is 11.7 Å². The van der Waals surface area contributed by atoms with Gasteiger partial charge in [0.15, 0.2) is 5.97 Å². The molecule has 5 heteroatoms. The molecule has 0 aromatic heterocycles. The van der Waals surface area contributed by atoms with Crippen LogP contribution in [0, 0.1) is 0 Å². The summed E-state index contributed by atoms with van der Waals surface area (Å²) in [7, 11) is 0. The maximum atomic E-state index is 10.4. The summed E-state index contributed by atoms with van der Waals surface area (Å²) < 4.78 is 4.43. The zero-order chi connectivity index (χ0) is 11.5. The molecule has 0 atom stereocenters. The lowest BCUT2D eigenvalue weighted by Crippen LogP contribution is -2.33. The fourth-order valence-corrected chi connectivity index (χ4v) is 1.28. The molecule has 0 aromatic rings. The van der Waals surface area contributed by atoms with E-state index >= 15 is 0 Å². The largest absolute Gasteiger partial charge is 0.539 e. The van der Waals surface area contributed by atoms with E-state index in [1.165, 1.54) is 25.7 Å². The van der Waals surface area contributed by atoms with E-state index in [0.717, 1.165) is 19.3 Å². The van der Waals surface area contributed by atoms with Gasteiger partial charge in [0.1, 0.15) is 0 Å². The van der Waals surface area contributed by atoms with E-state index in [0.29, 0.717) is 0 Å². The Bertz CT molecular complexity index is 194. The van der Waals surface area contributed by atoms with Crippen molar-refractivity contribution in [2.45, 2.75) is 51.9 Å². The van der Waals surface area contributed by atoms with Crippen LogP contribution in [0.4, 0.5) is 0 Å². The topological polar surface area (TPSA) is 103 Å². The monoisotopic (exact) mass is 233 g/mol. The summed E-state index contributed by atoms with van der Waals surface area (Å²) >= 11 is 0. The predicted octanol–water partition coefficient (Wildman–Crippen LogP) is 1.41. The number of rotatable bonds is 8. The molecule has 5 nitrogen and oxygen atoms in total. The van der Waals surface area contributed by atoms with Crippen molar-refractivity contribution in [3.8, 4) is 0 Å². The quantitative estimate of drug-likeness (QED) is 0.389. The van der Waals surface area contributed by atoms with Crippen LogP contribution in [0.15, 0.2) is 0 Å². The lowest BCUT2D eigenvalue weighted by Gasteiger charge is -2.04. The molecule has 0 heterocycles. The van der Waals surface area contributed by atoms with Crippen molar-refractivity contribution < 1.29 is 19.4 Å². The highest BCUT2D eigenvalue weighted by atomic mass is 16.6. The summed E-state index contributed by atoms with van der Waals surface area (Å²) in [6.45, 7) is 2.35.